The second kappa shape index (κ2) is 13.9. The molecule has 0 spiro atoms. The van der Waals surface area contributed by atoms with Crippen LogP contribution in [0.3, 0.4) is 0 Å². The molecule has 198 valence electrons. The molecule has 0 fully saturated rings. The number of hydrogen-bond donors (Lipinski definition) is 1. The lowest BCUT2D eigenvalue weighted by Crippen LogP contribution is -2.49. The molecule has 2 aromatic carbocycles. The van der Waals surface area contributed by atoms with Crippen molar-refractivity contribution in [2.24, 2.45) is 0 Å². The second-order valence-electron chi connectivity index (χ2n) is 8.87. The van der Waals surface area contributed by atoms with E-state index in [1.54, 1.807) is 36.1 Å². The maximum atomic E-state index is 13.3. The van der Waals surface area contributed by atoms with Gasteiger partial charge in [-0.15, -0.1) is 0 Å². The van der Waals surface area contributed by atoms with Crippen molar-refractivity contribution in [1.29, 1.82) is 0 Å². The predicted octanol–water partition coefficient (Wildman–Crippen LogP) is 3.96. The lowest BCUT2D eigenvalue weighted by Gasteiger charge is -2.30. The summed E-state index contributed by atoms with van der Waals surface area (Å²) in [6, 6.07) is 15.7. The quantitative estimate of drug-likeness (QED) is 0.409. The van der Waals surface area contributed by atoms with Crippen LogP contribution in [-0.2, 0) is 26.2 Å². The minimum Gasteiger partial charge on any atom is -0.494 e. The number of sulfonamides is 1. The molecular formula is C27H39N3O5S. The van der Waals surface area contributed by atoms with E-state index in [0.29, 0.717) is 31.0 Å². The normalized spacial score (nSPS) is 12.9. The molecule has 2 rings (SSSR count). The third-order valence-electron chi connectivity index (χ3n) is 5.95. The van der Waals surface area contributed by atoms with Gasteiger partial charge in [-0.1, -0.05) is 37.3 Å². The van der Waals surface area contributed by atoms with Gasteiger partial charge in [-0.3, -0.25) is 13.9 Å². The number of carbonyl (C=O) groups excluding carboxylic acids is 2. The van der Waals surface area contributed by atoms with Crippen LogP contribution in [0.25, 0.3) is 0 Å². The molecule has 1 N–H and O–H groups in total. The molecule has 0 aliphatic carbocycles. The fourth-order valence-corrected chi connectivity index (χ4v) is 4.67. The van der Waals surface area contributed by atoms with Gasteiger partial charge < -0.3 is 15.0 Å². The lowest BCUT2D eigenvalue weighted by molar-refractivity contribution is -0.140. The van der Waals surface area contributed by atoms with Gasteiger partial charge in [-0.25, -0.2) is 8.42 Å². The molecule has 0 aliphatic rings. The topological polar surface area (TPSA) is 96.0 Å². The Balaban J connectivity index is 2.13. The first-order chi connectivity index (χ1) is 17.1. The van der Waals surface area contributed by atoms with Gasteiger partial charge in [0.15, 0.2) is 0 Å². The number of anilines is 1. The van der Waals surface area contributed by atoms with Crippen LogP contribution in [0.2, 0.25) is 0 Å². The largest absolute Gasteiger partial charge is 0.494 e. The van der Waals surface area contributed by atoms with Crippen LogP contribution in [0.1, 0.15) is 52.5 Å². The summed E-state index contributed by atoms with van der Waals surface area (Å²) >= 11 is 0. The summed E-state index contributed by atoms with van der Waals surface area (Å²) < 4.78 is 31.7. The van der Waals surface area contributed by atoms with Crippen LogP contribution < -0.4 is 14.4 Å². The Morgan fingerprint density at radius 2 is 1.64 bits per heavy atom. The summed E-state index contributed by atoms with van der Waals surface area (Å²) in [6.07, 6.45) is 2.35. The van der Waals surface area contributed by atoms with E-state index >= 15 is 0 Å². The summed E-state index contributed by atoms with van der Waals surface area (Å²) in [5.74, 6) is 0.248. The number of carbonyl (C=O) groups is 2. The number of rotatable bonds is 14. The van der Waals surface area contributed by atoms with Crippen LogP contribution in [0.4, 0.5) is 5.69 Å². The Morgan fingerprint density at radius 1 is 1.00 bits per heavy atom. The highest BCUT2D eigenvalue weighted by Crippen LogP contribution is 2.22. The highest BCUT2D eigenvalue weighted by molar-refractivity contribution is 7.92. The third kappa shape index (κ3) is 8.86. The minimum atomic E-state index is -3.55. The Labute approximate surface area is 215 Å². The van der Waals surface area contributed by atoms with Gasteiger partial charge in [0, 0.05) is 25.6 Å². The summed E-state index contributed by atoms with van der Waals surface area (Å²) in [7, 11) is -3.55. The molecule has 9 heteroatoms. The number of hydrogen-bond acceptors (Lipinski definition) is 5. The number of nitrogens with one attached hydrogen (secondary N) is 1. The zero-order valence-electron chi connectivity index (χ0n) is 21.9. The van der Waals surface area contributed by atoms with Gasteiger partial charge in [0.05, 0.1) is 18.6 Å². The van der Waals surface area contributed by atoms with Gasteiger partial charge in [0.2, 0.25) is 21.8 Å². The highest BCUT2D eigenvalue weighted by atomic mass is 32.2. The summed E-state index contributed by atoms with van der Waals surface area (Å²) in [5.41, 5.74) is 1.43. The molecule has 8 nitrogen and oxygen atoms in total. The van der Waals surface area contributed by atoms with Crippen molar-refractivity contribution in [1.82, 2.24) is 10.2 Å². The maximum absolute atomic E-state index is 13.3. The molecule has 0 saturated carbocycles. The number of amides is 2. The van der Waals surface area contributed by atoms with Crippen molar-refractivity contribution >= 4 is 27.5 Å². The van der Waals surface area contributed by atoms with E-state index in [-0.39, 0.29) is 30.8 Å². The van der Waals surface area contributed by atoms with Gasteiger partial charge in [-0.2, -0.15) is 0 Å². The standard InChI is InChI=1S/C27H39N3O5S/c1-6-21(3)28-27(32)22(4)29(20-23-12-9-8-10-13-23)26(31)14-11-19-30(36(5,33)34)24-15-17-25(18-16-24)35-7-2/h8-10,12-13,15-18,21-22H,6-7,11,14,19-20H2,1-5H3,(H,28,32)/t21-,22+/m1/s1. The lowest BCUT2D eigenvalue weighted by atomic mass is 10.1. The molecule has 0 radical (unpaired) electrons. The molecule has 0 heterocycles. The molecule has 0 bridgehead atoms. The summed E-state index contributed by atoms with van der Waals surface area (Å²) in [6.45, 7) is 8.47. The van der Waals surface area contributed by atoms with Crippen LogP contribution in [0.15, 0.2) is 54.6 Å². The number of nitrogens with zero attached hydrogens (tertiary/aromatic N) is 2. The van der Waals surface area contributed by atoms with Gasteiger partial charge >= 0.3 is 0 Å². The summed E-state index contributed by atoms with van der Waals surface area (Å²) in [5, 5.41) is 2.95. The Hall–Kier alpha value is -3.07. The predicted molar refractivity (Wildman–Crippen MR) is 143 cm³/mol. The highest BCUT2D eigenvalue weighted by Gasteiger charge is 2.27. The fraction of sp³-hybridized carbons (Fsp3) is 0.481. The van der Waals surface area contributed by atoms with Gasteiger partial charge in [0.25, 0.3) is 0 Å². The zero-order chi connectivity index (χ0) is 26.7. The van der Waals surface area contributed by atoms with Crippen molar-refractivity contribution in [3.63, 3.8) is 0 Å². The number of benzene rings is 2. The van der Waals surface area contributed by atoms with E-state index < -0.39 is 16.1 Å². The fourth-order valence-electron chi connectivity index (χ4n) is 3.71. The van der Waals surface area contributed by atoms with E-state index in [4.69, 9.17) is 4.74 Å². The first kappa shape index (κ1) is 29.2. The molecule has 0 saturated heterocycles. The van der Waals surface area contributed by atoms with E-state index in [2.05, 4.69) is 5.32 Å². The van der Waals surface area contributed by atoms with Crippen molar-refractivity contribution in [3.05, 3.63) is 60.2 Å². The van der Waals surface area contributed by atoms with Crippen molar-refractivity contribution in [3.8, 4) is 5.75 Å². The molecule has 0 aliphatic heterocycles. The average molecular weight is 518 g/mol. The van der Waals surface area contributed by atoms with Crippen LogP contribution >= 0.6 is 0 Å². The third-order valence-corrected chi connectivity index (χ3v) is 7.15. The van der Waals surface area contributed by atoms with E-state index in [1.165, 1.54) is 4.31 Å². The van der Waals surface area contributed by atoms with Gasteiger partial charge in [-0.05, 0) is 63.4 Å². The Bertz CT molecular complexity index is 1070. The van der Waals surface area contributed by atoms with E-state index in [1.807, 2.05) is 51.1 Å². The van der Waals surface area contributed by atoms with Crippen molar-refractivity contribution in [2.45, 2.75) is 65.6 Å². The Morgan fingerprint density at radius 3 is 2.19 bits per heavy atom. The molecule has 2 amide bonds. The van der Waals surface area contributed by atoms with Gasteiger partial charge in [0.1, 0.15) is 11.8 Å². The Kier molecular flexibility index (Phi) is 11.2. The first-order valence-electron chi connectivity index (χ1n) is 12.4. The zero-order valence-corrected chi connectivity index (χ0v) is 22.8. The molecule has 2 atom stereocenters. The van der Waals surface area contributed by atoms with Crippen LogP contribution in [0.5, 0.6) is 5.75 Å². The second-order valence-corrected chi connectivity index (χ2v) is 10.8. The SMILES string of the molecule is CCOc1ccc(N(CCCC(=O)N(Cc2ccccc2)[C@@H](C)C(=O)N[C@H](C)CC)S(C)(=O)=O)cc1. The molecule has 0 unspecified atom stereocenters. The first-order valence-corrected chi connectivity index (χ1v) is 14.3. The molecular weight excluding hydrogens is 478 g/mol. The summed E-state index contributed by atoms with van der Waals surface area (Å²) in [4.78, 5) is 27.7. The van der Waals surface area contributed by atoms with Crippen molar-refractivity contribution < 1.29 is 22.7 Å². The van der Waals surface area contributed by atoms with E-state index in [9.17, 15) is 18.0 Å². The van der Waals surface area contributed by atoms with Crippen molar-refractivity contribution in [2.75, 3.05) is 23.7 Å². The monoisotopic (exact) mass is 517 g/mol. The molecule has 36 heavy (non-hydrogen) atoms. The maximum Gasteiger partial charge on any atom is 0.242 e. The van der Waals surface area contributed by atoms with E-state index in [0.717, 1.165) is 18.2 Å². The van der Waals surface area contributed by atoms with Crippen LogP contribution in [-0.4, -0.2) is 56.6 Å². The van der Waals surface area contributed by atoms with Crippen LogP contribution in [0, 0.1) is 0 Å². The smallest absolute Gasteiger partial charge is 0.242 e. The molecule has 2 aromatic rings. The minimum absolute atomic E-state index is 0.00561. The number of ether oxygens (including phenoxy) is 1. The molecule has 0 aromatic heterocycles. The average Bonchev–Trinajstić information content (AvgIpc) is 2.85.